The first kappa shape index (κ1) is 13.1. The molecule has 0 saturated heterocycles. The van der Waals surface area contributed by atoms with E-state index in [0.29, 0.717) is 6.04 Å². The molecule has 1 aromatic rings. The Morgan fingerprint density at radius 3 is 2.71 bits per heavy atom. The van der Waals surface area contributed by atoms with E-state index in [1.54, 1.807) is 4.88 Å². The Morgan fingerprint density at radius 2 is 2.06 bits per heavy atom. The van der Waals surface area contributed by atoms with Crippen LogP contribution in [0.15, 0.2) is 17.5 Å². The maximum absolute atomic E-state index is 3.63. The Labute approximate surface area is 110 Å². The number of nitrogens with one attached hydrogen (secondary N) is 1. The fraction of sp³-hybridized carbons (Fsp3) is 0.733. The molecule has 17 heavy (non-hydrogen) atoms. The number of rotatable bonds is 5. The van der Waals surface area contributed by atoms with E-state index in [-0.39, 0.29) is 0 Å². The SMILES string of the molecule is CC(C)NCC1CCCCC1Cc1cccs1. The first-order chi connectivity index (χ1) is 8.25. The van der Waals surface area contributed by atoms with Gasteiger partial charge >= 0.3 is 0 Å². The second-order valence-corrected chi connectivity index (χ2v) is 6.68. The van der Waals surface area contributed by atoms with Crippen molar-refractivity contribution in [2.45, 2.75) is 52.0 Å². The molecule has 2 heteroatoms. The highest BCUT2D eigenvalue weighted by Crippen LogP contribution is 2.33. The van der Waals surface area contributed by atoms with Gasteiger partial charge in [-0.15, -0.1) is 11.3 Å². The molecular formula is C15H25NS. The summed E-state index contributed by atoms with van der Waals surface area (Å²) in [6, 6.07) is 5.11. The summed E-state index contributed by atoms with van der Waals surface area (Å²) in [6.45, 7) is 5.71. The summed E-state index contributed by atoms with van der Waals surface area (Å²) in [4.78, 5) is 1.58. The summed E-state index contributed by atoms with van der Waals surface area (Å²) in [5.74, 6) is 1.81. The highest BCUT2D eigenvalue weighted by atomic mass is 32.1. The van der Waals surface area contributed by atoms with Gasteiger partial charge in [-0.2, -0.15) is 0 Å². The van der Waals surface area contributed by atoms with E-state index >= 15 is 0 Å². The first-order valence-electron chi connectivity index (χ1n) is 7.01. The van der Waals surface area contributed by atoms with Crippen molar-refractivity contribution in [1.82, 2.24) is 5.32 Å². The van der Waals surface area contributed by atoms with Crippen molar-refractivity contribution in [3.63, 3.8) is 0 Å². The van der Waals surface area contributed by atoms with Gasteiger partial charge in [0.2, 0.25) is 0 Å². The molecule has 0 aliphatic heterocycles. The fourth-order valence-electron chi connectivity index (χ4n) is 2.90. The average Bonchev–Trinajstić information content (AvgIpc) is 2.80. The summed E-state index contributed by atoms with van der Waals surface area (Å²) < 4.78 is 0. The van der Waals surface area contributed by atoms with Crippen molar-refractivity contribution < 1.29 is 0 Å². The van der Waals surface area contributed by atoms with E-state index in [0.717, 1.165) is 11.8 Å². The molecule has 1 heterocycles. The van der Waals surface area contributed by atoms with Gasteiger partial charge in [0.1, 0.15) is 0 Å². The van der Waals surface area contributed by atoms with Crippen LogP contribution in [0.1, 0.15) is 44.4 Å². The standard InChI is InChI=1S/C15H25NS/c1-12(2)16-11-14-7-4-3-6-13(14)10-15-8-5-9-17-15/h5,8-9,12-14,16H,3-4,6-7,10-11H2,1-2H3. The predicted molar refractivity (Wildman–Crippen MR) is 76.6 cm³/mol. The number of hydrogen-bond donors (Lipinski definition) is 1. The van der Waals surface area contributed by atoms with E-state index in [1.807, 2.05) is 11.3 Å². The molecule has 1 N–H and O–H groups in total. The van der Waals surface area contributed by atoms with Gasteiger partial charge in [-0.3, -0.25) is 0 Å². The zero-order valence-electron chi connectivity index (χ0n) is 11.1. The molecule has 96 valence electrons. The maximum atomic E-state index is 3.63. The van der Waals surface area contributed by atoms with Crippen molar-refractivity contribution in [3.05, 3.63) is 22.4 Å². The lowest BCUT2D eigenvalue weighted by Crippen LogP contribution is -2.34. The van der Waals surface area contributed by atoms with E-state index in [9.17, 15) is 0 Å². The van der Waals surface area contributed by atoms with Gasteiger partial charge in [0.05, 0.1) is 0 Å². The Hall–Kier alpha value is -0.340. The van der Waals surface area contributed by atoms with Crippen LogP contribution in [0.2, 0.25) is 0 Å². The largest absolute Gasteiger partial charge is 0.314 e. The fourth-order valence-corrected chi connectivity index (χ4v) is 3.70. The highest BCUT2D eigenvalue weighted by Gasteiger charge is 2.25. The Balaban J connectivity index is 1.87. The molecule has 2 atom stereocenters. The normalized spacial score (nSPS) is 25.4. The van der Waals surface area contributed by atoms with E-state index in [4.69, 9.17) is 0 Å². The summed E-state index contributed by atoms with van der Waals surface area (Å²) >= 11 is 1.92. The molecular weight excluding hydrogens is 226 g/mol. The second kappa shape index (κ2) is 6.55. The van der Waals surface area contributed by atoms with Crippen molar-refractivity contribution in [3.8, 4) is 0 Å². The monoisotopic (exact) mass is 251 g/mol. The van der Waals surface area contributed by atoms with E-state index in [1.165, 1.54) is 38.6 Å². The molecule has 1 fully saturated rings. The van der Waals surface area contributed by atoms with Crippen LogP contribution < -0.4 is 5.32 Å². The zero-order valence-corrected chi connectivity index (χ0v) is 11.9. The summed E-state index contributed by atoms with van der Waals surface area (Å²) in [5, 5.41) is 5.84. The van der Waals surface area contributed by atoms with Crippen molar-refractivity contribution in [2.24, 2.45) is 11.8 Å². The van der Waals surface area contributed by atoms with Crippen LogP contribution in [-0.4, -0.2) is 12.6 Å². The van der Waals surface area contributed by atoms with Gasteiger partial charge in [-0.25, -0.2) is 0 Å². The van der Waals surface area contributed by atoms with Crippen LogP contribution in [0.5, 0.6) is 0 Å². The Morgan fingerprint density at radius 1 is 1.29 bits per heavy atom. The summed E-state index contributed by atoms with van der Waals surface area (Å²) in [5.41, 5.74) is 0. The van der Waals surface area contributed by atoms with Gasteiger partial charge < -0.3 is 5.32 Å². The molecule has 2 unspecified atom stereocenters. The summed E-state index contributed by atoms with van der Waals surface area (Å²) in [7, 11) is 0. The lowest BCUT2D eigenvalue weighted by molar-refractivity contribution is 0.225. The predicted octanol–water partition coefficient (Wildman–Crippen LogP) is 4.10. The van der Waals surface area contributed by atoms with Crippen LogP contribution in [0.4, 0.5) is 0 Å². The number of hydrogen-bond acceptors (Lipinski definition) is 2. The van der Waals surface area contributed by atoms with E-state index < -0.39 is 0 Å². The quantitative estimate of drug-likeness (QED) is 0.831. The molecule has 0 spiro atoms. The van der Waals surface area contributed by atoms with Crippen LogP contribution >= 0.6 is 11.3 Å². The van der Waals surface area contributed by atoms with Gasteiger partial charge in [-0.1, -0.05) is 32.8 Å². The van der Waals surface area contributed by atoms with Crippen LogP contribution in [0, 0.1) is 11.8 Å². The molecule has 2 rings (SSSR count). The average molecular weight is 251 g/mol. The van der Waals surface area contributed by atoms with Crippen molar-refractivity contribution in [2.75, 3.05) is 6.54 Å². The van der Waals surface area contributed by atoms with Gasteiger partial charge in [0.15, 0.2) is 0 Å². The molecule has 0 amide bonds. The minimum absolute atomic E-state index is 0.624. The molecule has 1 aliphatic carbocycles. The minimum atomic E-state index is 0.624. The minimum Gasteiger partial charge on any atom is -0.314 e. The molecule has 0 aromatic carbocycles. The van der Waals surface area contributed by atoms with Gasteiger partial charge in [-0.05, 0) is 49.1 Å². The smallest absolute Gasteiger partial charge is 0.00480 e. The first-order valence-corrected chi connectivity index (χ1v) is 7.89. The van der Waals surface area contributed by atoms with Crippen molar-refractivity contribution in [1.29, 1.82) is 0 Å². The Kier molecular flexibility index (Phi) is 5.05. The third kappa shape index (κ3) is 4.11. The van der Waals surface area contributed by atoms with Crippen LogP contribution in [0.3, 0.4) is 0 Å². The molecule has 0 radical (unpaired) electrons. The molecule has 1 aromatic heterocycles. The second-order valence-electron chi connectivity index (χ2n) is 5.65. The van der Waals surface area contributed by atoms with Gasteiger partial charge in [0, 0.05) is 10.9 Å². The highest BCUT2D eigenvalue weighted by molar-refractivity contribution is 7.09. The van der Waals surface area contributed by atoms with E-state index in [2.05, 4.69) is 36.7 Å². The molecule has 1 nitrogen and oxygen atoms in total. The van der Waals surface area contributed by atoms with Crippen LogP contribution in [-0.2, 0) is 6.42 Å². The molecule has 1 saturated carbocycles. The number of thiophene rings is 1. The lowest BCUT2D eigenvalue weighted by Gasteiger charge is -2.32. The van der Waals surface area contributed by atoms with Crippen molar-refractivity contribution >= 4 is 11.3 Å². The topological polar surface area (TPSA) is 12.0 Å². The Bertz CT molecular complexity index is 305. The van der Waals surface area contributed by atoms with Crippen LogP contribution in [0.25, 0.3) is 0 Å². The summed E-state index contributed by atoms with van der Waals surface area (Å²) in [6.07, 6.45) is 7.04. The lowest BCUT2D eigenvalue weighted by atomic mass is 9.77. The van der Waals surface area contributed by atoms with Gasteiger partial charge in [0.25, 0.3) is 0 Å². The third-order valence-electron chi connectivity index (χ3n) is 3.90. The molecule has 0 bridgehead atoms. The maximum Gasteiger partial charge on any atom is 0.00480 e. The molecule has 1 aliphatic rings. The zero-order chi connectivity index (χ0) is 12.1. The third-order valence-corrected chi connectivity index (χ3v) is 4.80.